The molecular formula is C17H22N4O5. The summed E-state index contributed by atoms with van der Waals surface area (Å²) in [4.78, 5) is 23.0. The monoisotopic (exact) mass is 362 g/mol. The second-order valence-electron chi connectivity index (χ2n) is 5.76. The summed E-state index contributed by atoms with van der Waals surface area (Å²) in [5.41, 5.74) is -0.270. The van der Waals surface area contributed by atoms with Gasteiger partial charge in [-0.3, -0.25) is 14.9 Å². The van der Waals surface area contributed by atoms with E-state index < -0.39 is 16.9 Å². The summed E-state index contributed by atoms with van der Waals surface area (Å²) in [6.45, 7) is 5.53. The van der Waals surface area contributed by atoms with Crippen LogP contribution in [0.4, 0.5) is 11.5 Å². The van der Waals surface area contributed by atoms with Gasteiger partial charge >= 0.3 is 5.69 Å². The minimum Gasteiger partial charge on any atom is -0.496 e. The van der Waals surface area contributed by atoms with Crippen LogP contribution in [0.25, 0.3) is 0 Å². The van der Waals surface area contributed by atoms with Crippen molar-refractivity contribution in [3.05, 3.63) is 40.6 Å². The molecule has 26 heavy (non-hydrogen) atoms. The molecule has 0 saturated heterocycles. The molecule has 0 bridgehead atoms. The average molecular weight is 362 g/mol. The Labute approximate surface area is 151 Å². The first-order valence-electron chi connectivity index (χ1n) is 8.20. The highest BCUT2D eigenvalue weighted by atomic mass is 16.6. The first-order chi connectivity index (χ1) is 12.4. The minimum absolute atomic E-state index is 0.00566. The fourth-order valence-electron chi connectivity index (χ4n) is 2.28. The van der Waals surface area contributed by atoms with Crippen molar-refractivity contribution in [1.82, 2.24) is 9.78 Å². The van der Waals surface area contributed by atoms with Crippen molar-refractivity contribution in [1.29, 1.82) is 0 Å². The number of rotatable bonds is 8. The fraction of sp³-hybridized carbons (Fsp3) is 0.412. The normalized spacial score (nSPS) is 12.9. The molecular weight excluding hydrogens is 340 g/mol. The van der Waals surface area contributed by atoms with Crippen LogP contribution in [-0.2, 0) is 4.79 Å². The molecule has 0 spiro atoms. The number of nitro groups is 1. The van der Waals surface area contributed by atoms with Crippen molar-refractivity contribution >= 4 is 17.4 Å². The van der Waals surface area contributed by atoms with E-state index >= 15 is 0 Å². The molecule has 2 rings (SSSR count). The lowest BCUT2D eigenvalue weighted by Gasteiger charge is -2.17. The highest BCUT2D eigenvalue weighted by molar-refractivity contribution is 5.93. The molecule has 0 aliphatic heterocycles. The van der Waals surface area contributed by atoms with Gasteiger partial charge in [0.1, 0.15) is 11.6 Å². The van der Waals surface area contributed by atoms with Crippen molar-refractivity contribution in [2.75, 3.05) is 12.4 Å². The van der Waals surface area contributed by atoms with E-state index in [9.17, 15) is 14.9 Å². The number of carbonyl (C=O) groups is 1. The van der Waals surface area contributed by atoms with Crippen LogP contribution in [-0.4, -0.2) is 33.8 Å². The molecule has 1 aromatic heterocycles. The summed E-state index contributed by atoms with van der Waals surface area (Å²) in [6.07, 6.45) is 1.51. The molecule has 1 N–H and O–H groups in total. The molecule has 140 valence electrons. The number of nitrogens with zero attached hydrogens (tertiary/aromatic N) is 3. The van der Waals surface area contributed by atoms with Crippen LogP contribution in [0.5, 0.6) is 11.5 Å². The van der Waals surface area contributed by atoms with Crippen LogP contribution in [0.2, 0.25) is 0 Å². The van der Waals surface area contributed by atoms with Crippen molar-refractivity contribution in [2.24, 2.45) is 0 Å². The third-order valence-electron chi connectivity index (χ3n) is 3.97. The number of aromatic nitrogens is 2. The van der Waals surface area contributed by atoms with Gasteiger partial charge in [0.25, 0.3) is 5.91 Å². The van der Waals surface area contributed by atoms with Crippen LogP contribution in [0.3, 0.4) is 0 Å². The standard InChI is InChI=1S/C17H22N4O5/c1-5-11(2)20-16(8-9-18-20)19-17(22)12(3)26-15-7-6-13(25-4)10-14(15)21(23)24/h6-12H,5H2,1-4H3,(H,19,22)/t11-,12+/m1/s1. The van der Waals surface area contributed by atoms with E-state index in [0.717, 1.165) is 6.42 Å². The van der Waals surface area contributed by atoms with Crippen LogP contribution in [0, 0.1) is 10.1 Å². The predicted octanol–water partition coefficient (Wildman–Crippen LogP) is 3.18. The van der Waals surface area contributed by atoms with Gasteiger partial charge in [0.2, 0.25) is 0 Å². The predicted molar refractivity (Wildman–Crippen MR) is 95.6 cm³/mol. The number of amides is 1. The average Bonchev–Trinajstić information content (AvgIpc) is 3.09. The van der Waals surface area contributed by atoms with Gasteiger partial charge in [0.15, 0.2) is 11.9 Å². The summed E-state index contributed by atoms with van der Waals surface area (Å²) < 4.78 is 12.2. The van der Waals surface area contributed by atoms with Gasteiger partial charge in [0.05, 0.1) is 30.3 Å². The Kier molecular flexibility index (Phi) is 6.16. The Morgan fingerprint density at radius 1 is 1.38 bits per heavy atom. The van der Waals surface area contributed by atoms with Gasteiger partial charge < -0.3 is 14.8 Å². The lowest BCUT2D eigenvalue weighted by atomic mass is 10.2. The zero-order valence-electron chi connectivity index (χ0n) is 15.1. The fourth-order valence-corrected chi connectivity index (χ4v) is 2.28. The Morgan fingerprint density at radius 2 is 2.12 bits per heavy atom. The molecule has 9 nitrogen and oxygen atoms in total. The zero-order valence-corrected chi connectivity index (χ0v) is 15.1. The van der Waals surface area contributed by atoms with E-state index in [1.807, 2.05) is 13.8 Å². The van der Waals surface area contributed by atoms with E-state index in [1.165, 1.54) is 32.2 Å². The van der Waals surface area contributed by atoms with E-state index in [4.69, 9.17) is 9.47 Å². The number of nitrogens with one attached hydrogen (secondary N) is 1. The molecule has 0 radical (unpaired) electrons. The number of hydrogen-bond acceptors (Lipinski definition) is 6. The number of ether oxygens (including phenoxy) is 2. The third kappa shape index (κ3) is 4.29. The van der Waals surface area contributed by atoms with Crippen LogP contribution in [0.15, 0.2) is 30.5 Å². The highest BCUT2D eigenvalue weighted by Gasteiger charge is 2.23. The highest BCUT2D eigenvalue weighted by Crippen LogP contribution is 2.31. The Morgan fingerprint density at radius 3 is 2.73 bits per heavy atom. The molecule has 0 saturated carbocycles. The van der Waals surface area contributed by atoms with Gasteiger partial charge in [-0.2, -0.15) is 5.10 Å². The van der Waals surface area contributed by atoms with Crippen LogP contribution >= 0.6 is 0 Å². The van der Waals surface area contributed by atoms with Gasteiger partial charge in [0, 0.05) is 6.07 Å². The van der Waals surface area contributed by atoms with Crippen molar-refractivity contribution < 1.29 is 19.2 Å². The molecule has 2 aromatic rings. The van der Waals surface area contributed by atoms with Crippen molar-refractivity contribution in [3.8, 4) is 11.5 Å². The maximum Gasteiger partial charge on any atom is 0.314 e. The smallest absolute Gasteiger partial charge is 0.314 e. The number of hydrogen-bond donors (Lipinski definition) is 1. The summed E-state index contributed by atoms with van der Waals surface area (Å²) in [7, 11) is 1.41. The van der Waals surface area contributed by atoms with Crippen molar-refractivity contribution in [3.63, 3.8) is 0 Å². The Hall–Kier alpha value is -3.10. The summed E-state index contributed by atoms with van der Waals surface area (Å²) in [5, 5.41) is 18.1. The summed E-state index contributed by atoms with van der Waals surface area (Å²) in [5.74, 6) is 0.441. The maximum atomic E-state index is 12.4. The topological polar surface area (TPSA) is 109 Å². The lowest BCUT2D eigenvalue weighted by molar-refractivity contribution is -0.386. The lowest BCUT2D eigenvalue weighted by Crippen LogP contribution is -2.31. The SMILES string of the molecule is CC[C@@H](C)n1nccc1NC(=O)[C@H](C)Oc1ccc(OC)cc1[N+](=O)[O-]. The quantitative estimate of drug-likeness (QED) is 0.571. The number of nitro benzene ring substituents is 1. The molecule has 0 fully saturated rings. The number of methoxy groups -OCH3 is 1. The zero-order chi connectivity index (χ0) is 19.3. The second kappa shape index (κ2) is 8.32. The third-order valence-corrected chi connectivity index (χ3v) is 3.97. The van der Waals surface area contributed by atoms with Crippen LogP contribution < -0.4 is 14.8 Å². The molecule has 1 amide bonds. The molecule has 0 aliphatic rings. The summed E-state index contributed by atoms with van der Waals surface area (Å²) >= 11 is 0. The largest absolute Gasteiger partial charge is 0.496 e. The molecule has 2 atom stereocenters. The van der Waals surface area contributed by atoms with E-state index in [2.05, 4.69) is 10.4 Å². The first kappa shape index (κ1) is 19.2. The Balaban J connectivity index is 2.13. The first-order valence-corrected chi connectivity index (χ1v) is 8.20. The summed E-state index contributed by atoms with van der Waals surface area (Å²) in [6, 6.07) is 6.00. The van der Waals surface area contributed by atoms with E-state index in [1.54, 1.807) is 16.9 Å². The molecule has 9 heteroatoms. The molecule has 1 aromatic carbocycles. The molecule has 1 heterocycles. The minimum atomic E-state index is -0.942. The van der Waals surface area contributed by atoms with Gasteiger partial charge in [-0.05, 0) is 32.4 Å². The van der Waals surface area contributed by atoms with Gasteiger partial charge in [-0.1, -0.05) is 6.92 Å². The van der Waals surface area contributed by atoms with E-state index in [-0.39, 0.29) is 17.5 Å². The van der Waals surface area contributed by atoms with Crippen molar-refractivity contribution in [2.45, 2.75) is 39.3 Å². The van der Waals surface area contributed by atoms with Gasteiger partial charge in [-0.25, -0.2) is 4.68 Å². The number of benzene rings is 1. The second-order valence-corrected chi connectivity index (χ2v) is 5.76. The molecule has 0 unspecified atom stereocenters. The maximum absolute atomic E-state index is 12.4. The van der Waals surface area contributed by atoms with Crippen LogP contribution in [0.1, 0.15) is 33.2 Å². The number of carbonyl (C=O) groups excluding carboxylic acids is 1. The van der Waals surface area contributed by atoms with Gasteiger partial charge in [-0.15, -0.1) is 0 Å². The van der Waals surface area contributed by atoms with E-state index in [0.29, 0.717) is 11.6 Å². The Bertz CT molecular complexity index is 789. The number of anilines is 1. The molecule has 0 aliphatic carbocycles.